The Balaban J connectivity index is 2.36. The van der Waals surface area contributed by atoms with Gasteiger partial charge in [-0.2, -0.15) is 18.2 Å². The summed E-state index contributed by atoms with van der Waals surface area (Å²) in [5.74, 6) is -0.424. The molecular formula is C11H8F3IN4. The fraction of sp³-hybridized carbons (Fsp3) is 0.0909. The third kappa shape index (κ3) is 3.46. The van der Waals surface area contributed by atoms with Crippen LogP contribution >= 0.6 is 22.6 Å². The normalized spacial score (nSPS) is 11.4. The topological polar surface area (TPSA) is 63.8 Å². The van der Waals surface area contributed by atoms with Gasteiger partial charge in [0, 0.05) is 9.64 Å². The van der Waals surface area contributed by atoms with E-state index in [0.29, 0.717) is 5.69 Å². The highest BCUT2D eigenvalue weighted by Gasteiger charge is 2.33. The second-order valence-electron chi connectivity index (χ2n) is 3.60. The summed E-state index contributed by atoms with van der Waals surface area (Å²) in [5.41, 5.74) is 4.86. The first-order valence-corrected chi connectivity index (χ1v) is 6.17. The molecule has 0 spiro atoms. The monoisotopic (exact) mass is 380 g/mol. The molecule has 0 saturated carbocycles. The summed E-state index contributed by atoms with van der Waals surface area (Å²) >= 11 is 2.06. The third-order valence-corrected chi connectivity index (χ3v) is 3.11. The molecule has 0 saturated heterocycles. The fourth-order valence-corrected chi connectivity index (χ4v) is 1.90. The van der Waals surface area contributed by atoms with Gasteiger partial charge >= 0.3 is 6.18 Å². The number of hydrogen-bond acceptors (Lipinski definition) is 4. The van der Waals surface area contributed by atoms with E-state index >= 15 is 0 Å². The van der Waals surface area contributed by atoms with E-state index in [0.717, 1.165) is 9.64 Å². The van der Waals surface area contributed by atoms with Crippen molar-refractivity contribution in [1.29, 1.82) is 0 Å². The van der Waals surface area contributed by atoms with Gasteiger partial charge < -0.3 is 11.1 Å². The van der Waals surface area contributed by atoms with Crippen molar-refractivity contribution in [3.63, 3.8) is 0 Å². The second kappa shape index (κ2) is 5.19. The van der Waals surface area contributed by atoms with Crippen LogP contribution < -0.4 is 11.1 Å². The van der Waals surface area contributed by atoms with Gasteiger partial charge in [0.25, 0.3) is 0 Å². The number of benzene rings is 1. The molecule has 0 fully saturated rings. The highest BCUT2D eigenvalue weighted by Crippen LogP contribution is 2.30. The minimum atomic E-state index is -4.56. The molecule has 0 amide bonds. The van der Waals surface area contributed by atoms with Crippen molar-refractivity contribution in [3.8, 4) is 0 Å². The summed E-state index contributed by atoms with van der Waals surface area (Å²) in [5, 5.41) is 2.79. The number of nitrogens with two attached hydrogens (primary N) is 1. The van der Waals surface area contributed by atoms with Crippen LogP contribution in [0.1, 0.15) is 5.69 Å². The number of nitrogens with zero attached hydrogens (tertiary/aromatic N) is 2. The summed E-state index contributed by atoms with van der Waals surface area (Å²) in [6, 6.07) is 7.95. The lowest BCUT2D eigenvalue weighted by Gasteiger charge is -2.11. The first kappa shape index (κ1) is 13.8. The molecule has 0 aliphatic carbocycles. The molecule has 1 aromatic carbocycles. The number of nitrogens with one attached hydrogen (secondary N) is 1. The maximum Gasteiger partial charge on any atom is 0.433 e. The fourth-order valence-electron chi connectivity index (χ4n) is 1.38. The largest absolute Gasteiger partial charge is 0.433 e. The number of anilines is 3. The van der Waals surface area contributed by atoms with Crippen LogP contribution in [0.2, 0.25) is 0 Å². The Labute approximate surface area is 120 Å². The van der Waals surface area contributed by atoms with Crippen LogP contribution in [-0.4, -0.2) is 9.97 Å². The molecule has 0 atom stereocenters. The van der Waals surface area contributed by atoms with Crippen molar-refractivity contribution in [2.45, 2.75) is 6.18 Å². The number of nitrogen functional groups attached to an aromatic ring is 1. The molecule has 100 valence electrons. The summed E-state index contributed by atoms with van der Waals surface area (Å²) < 4.78 is 38.6. The van der Waals surface area contributed by atoms with Crippen molar-refractivity contribution in [1.82, 2.24) is 9.97 Å². The molecular weight excluding hydrogens is 372 g/mol. The van der Waals surface area contributed by atoms with Gasteiger partial charge in [-0.15, -0.1) is 0 Å². The van der Waals surface area contributed by atoms with Crippen LogP contribution in [0.15, 0.2) is 30.3 Å². The Morgan fingerprint density at radius 2 is 1.84 bits per heavy atom. The van der Waals surface area contributed by atoms with Gasteiger partial charge in [-0.05, 0) is 34.7 Å². The van der Waals surface area contributed by atoms with Crippen molar-refractivity contribution >= 4 is 40.0 Å². The number of aromatic nitrogens is 2. The highest BCUT2D eigenvalue weighted by atomic mass is 127. The smallest absolute Gasteiger partial charge is 0.368 e. The van der Waals surface area contributed by atoms with E-state index in [-0.39, 0.29) is 5.82 Å². The first-order chi connectivity index (χ1) is 8.86. The van der Waals surface area contributed by atoms with Gasteiger partial charge in [-0.1, -0.05) is 12.1 Å². The number of alkyl halides is 3. The second-order valence-corrected chi connectivity index (χ2v) is 4.76. The van der Waals surface area contributed by atoms with Crippen molar-refractivity contribution < 1.29 is 13.2 Å². The van der Waals surface area contributed by atoms with E-state index in [4.69, 9.17) is 5.73 Å². The summed E-state index contributed by atoms with van der Waals surface area (Å²) in [4.78, 5) is 6.90. The zero-order valence-corrected chi connectivity index (χ0v) is 11.5. The number of para-hydroxylation sites is 1. The molecule has 0 radical (unpaired) electrons. The van der Waals surface area contributed by atoms with Crippen LogP contribution in [0.3, 0.4) is 0 Å². The Morgan fingerprint density at radius 3 is 2.47 bits per heavy atom. The molecule has 0 aliphatic heterocycles. The Bertz CT molecular complexity index is 601. The van der Waals surface area contributed by atoms with E-state index in [1.807, 2.05) is 12.1 Å². The average molecular weight is 380 g/mol. The van der Waals surface area contributed by atoms with E-state index in [2.05, 4.69) is 37.9 Å². The van der Waals surface area contributed by atoms with Crippen LogP contribution in [0.5, 0.6) is 0 Å². The highest BCUT2D eigenvalue weighted by molar-refractivity contribution is 14.1. The molecule has 2 rings (SSSR count). The Morgan fingerprint density at radius 1 is 1.16 bits per heavy atom. The molecule has 3 N–H and O–H groups in total. The number of halogens is 4. The minimum absolute atomic E-state index is 0.00365. The van der Waals surface area contributed by atoms with Crippen molar-refractivity contribution in [3.05, 3.63) is 39.6 Å². The Hall–Kier alpha value is -1.58. The summed E-state index contributed by atoms with van der Waals surface area (Å²) in [6.45, 7) is 0. The standard InChI is InChI=1S/C11H8F3IN4/c12-11(13,14)8-5-9(19-10(16)18-8)17-7-4-2-1-3-6(7)15/h1-5H,(H3,16,17,18,19). The molecule has 1 aromatic heterocycles. The maximum absolute atomic E-state index is 12.6. The molecule has 2 aromatic rings. The van der Waals surface area contributed by atoms with E-state index in [9.17, 15) is 13.2 Å². The lowest BCUT2D eigenvalue weighted by atomic mass is 10.3. The van der Waals surface area contributed by atoms with Crippen LogP contribution in [0.4, 0.5) is 30.6 Å². The Kier molecular flexibility index (Phi) is 3.78. The molecule has 4 nitrogen and oxygen atoms in total. The first-order valence-electron chi connectivity index (χ1n) is 5.09. The van der Waals surface area contributed by atoms with Crippen LogP contribution in [0, 0.1) is 3.57 Å². The molecule has 0 bridgehead atoms. The quantitative estimate of drug-likeness (QED) is 0.784. The predicted molar refractivity (Wildman–Crippen MR) is 73.9 cm³/mol. The lowest BCUT2D eigenvalue weighted by molar-refractivity contribution is -0.141. The third-order valence-electron chi connectivity index (χ3n) is 2.17. The summed E-state index contributed by atoms with van der Waals surface area (Å²) in [7, 11) is 0. The van der Waals surface area contributed by atoms with Gasteiger partial charge in [0.15, 0.2) is 5.69 Å². The SMILES string of the molecule is Nc1nc(Nc2ccccc2I)cc(C(F)(F)F)n1. The van der Waals surface area contributed by atoms with Gasteiger partial charge in [0.2, 0.25) is 5.95 Å². The molecule has 1 heterocycles. The van der Waals surface area contributed by atoms with E-state index in [1.54, 1.807) is 12.1 Å². The molecule has 0 unspecified atom stereocenters. The van der Waals surface area contributed by atoms with Crippen LogP contribution in [-0.2, 0) is 6.18 Å². The predicted octanol–water partition coefficient (Wildman–Crippen LogP) is 3.43. The van der Waals surface area contributed by atoms with Gasteiger partial charge in [0.1, 0.15) is 5.82 Å². The molecule has 19 heavy (non-hydrogen) atoms. The van der Waals surface area contributed by atoms with Crippen molar-refractivity contribution in [2.24, 2.45) is 0 Å². The van der Waals surface area contributed by atoms with Gasteiger partial charge in [-0.3, -0.25) is 0 Å². The molecule has 8 heteroatoms. The minimum Gasteiger partial charge on any atom is -0.368 e. The lowest BCUT2D eigenvalue weighted by Crippen LogP contribution is -2.12. The van der Waals surface area contributed by atoms with Gasteiger partial charge in [-0.25, -0.2) is 4.98 Å². The van der Waals surface area contributed by atoms with Crippen molar-refractivity contribution in [2.75, 3.05) is 11.1 Å². The number of hydrogen-bond donors (Lipinski definition) is 2. The van der Waals surface area contributed by atoms with Crippen LogP contribution in [0.25, 0.3) is 0 Å². The molecule has 0 aliphatic rings. The van der Waals surface area contributed by atoms with E-state index < -0.39 is 17.8 Å². The van der Waals surface area contributed by atoms with Gasteiger partial charge in [0.05, 0.1) is 5.69 Å². The average Bonchev–Trinajstić information content (AvgIpc) is 2.30. The number of rotatable bonds is 2. The van der Waals surface area contributed by atoms with E-state index in [1.165, 1.54) is 0 Å². The zero-order valence-electron chi connectivity index (χ0n) is 9.37. The summed E-state index contributed by atoms with van der Waals surface area (Å²) in [6.07, 6.45) is -4.56. The zero-order chi connectivity index (χ0) is 14.0. The maximum atomic E-state index is 12.6.